The van der Waals surface area contributed by atoms with E-state index < -0.39 is 0 Å². The highest BCUT2D eigenvalue weighted by atomic mass is 32.2. The molecule has 0 amide bonds. The van der Waals surface area contributed by atoms with Gasteiger partial charge in [0.2, 0.25) is 0 Å². The van der Waals surface area contributed by atoms with Crippen molar-refractivity contribution in [3.63, 3.8) is 0 Å². The summed E-state index contributed by atoms with van der Waals surface area (Å²) in [6.07, 6.45) is 2.56. The Labute approximate surface area is 146 Å². The highest BCUT2D eigenvalue weighted by Crippen LogP contribution is 2.26. The minimum absolute atomic E-state index is 0.152. The molecule has 2 heterocycles. The van der Waals surface area contributed by atoms with Crippen molar-refractivity contribution >= 4 is 11.8 Å². The largest absolute Gasteiger partial charge is 0.316 e. The summed E-state index contributed by atoms with van der Waals surface area (Å²) in [6.45, 7) is 0.439. The first-order valence-electron chi connectivity index (χ1n) is 7.93. The maximum absolute atomic E-state index is 13.0. The number of hydrogen-bond acceptors (Lipinski definition) is 6. The van der Waals surface area contributed by atoms with Gasteiger partial charge in [-0.3, -0.25) is 4.79 Å². The van der Waals surface area contributed by atoms with Crippen molar-refractivity contribution in [3.05, 3.63) is 63.1 Å². The molecule has 0 unspecified atom stereocenters. The number of H-pyrrole nitrogens is 1. The molecule has 9 heteroatoms. The predicted molar refractivity (Wildman–Crippen MR) is 89.8 cm³/mol. The van der Waals surface area contributed by atoms with Crippen molar-refractivity contribution in [3.8, 4) is 0 Å². The van der Waals surface area contributed by atoms with E-state index in [0.29, 0.717) is 23.3 Å². The summed E-state index contributed by atoms with van der Waals surface area (Å²) in [5.74, 6) is 0.947. The molecule has 0 saturated carbocycles. The zero-order chi connectivity index (χ0) is 17.2. The SMILES string of the molecule is O=c1nc(SCc2ccc(F)cc2)n(Cc2nnn[nH]2)c2c1CCC2. The molecule has 1 aliphatic carbocycles. The van der Waals surface area contributed by atoms with Crippen LogP contribution in [0.25, 0.3) is 0 Å². The molecular weight excluding hydrogens is 343 g/mol. The van der Waals surface area contributed by atoms with Gasteiger partial charge in [-0.2, -0.15) is 4.98 Å². The highest BCUT2D eigenvalue weighted by Gasteiger charge is 2.22. The fourth-order valence-corrected chi connectivity index (χ4v) is 3.95. The minimum Gasteiger partial charge on any atom is -0.316 e. The predicted octanol–water partition coefficient (Wildman–Crippen LogP) is 1.72. The van der Waals surface area contributed by atoms with Crippen LogP contribution in [-0.4, -0.2) is 30.2 Å². The summed E-state index contributed by atoms with van der Waals surface area (Å²) in [7, 11) is 0. The van der Waals surface area contributed by atoms with E-state index in [-0.39, 0.29) is 11.4 Å². The third kappa shape index (κ3) is 3.32. The quantitative estimate of drug-likeness (QED) is 0.552. The van der Waals surface area contributed by atoms with Gasteiger partial charge in [-0.15, -0.1) is 5.10 Å². The van der Waals surface area contributed by atoms with Gasteiger partial charge < -0.3 is 4.57 Å². The van der Waals surface area contributed by atoms with E-state index in [1.807, 2.05) is 4.57 Å². The van der Waals surface area contributed by atoms with Gasteiger partial charge in [0.15, 0.2) is 11.0 Å². The molecule has 25 heavy (non-hydrogen) atoms. The van der Waals surface area contributed by atoms with E-state index in [1.54, 1.807) is 12.1 Å². The van der Waals surface area contributed by atoms with Crippen molar-refractivity contribution < 1.29 is 4.39 Å². The molecule has 1 aliphatic rings. The van der Waals surface area contributed by atoms with Crippen LogP contribution < -0.4 is 5.56 Å². The third-order valence-corrected chi connectivity index (χ3v) is 5.23. The third-order valence-electron chi connectivity index (χ3n) is 4.18. The summed E-state index contributed by atoms with van der Waals surface area (Å²) >= 11 is 1.45. The number of aromatic nitrogens is 6. The highest BCUT2D eigenvalue weighted by molar-refractivity contribution is 7.98. The molecule has 7 nitrogen and oxygen atoms in total. The van der Waals surface area contributed by atoms with Crippen LogP contribution in [0.3, 0.4) is 0 Å². The zero-order valence-corrected chi connectivity index (χ0v) is 14.1. The van der Waals surface area contributed by atoms with Crippen LogP contribution in [-0.2, 0) is 25.1 Å². The average Bonchev–Trinajstić information content (AvgIpc) is 3.29. The number of thioether (sulfide) groups is 1. The number of hydrogen-bond donors (Lipinski definition) is 1. The lowest BCUT2D eigenvalue weighted by molar-refractivity contribution is 0.606. The standard InChI is InChI=1S/C16H15FN6OS/c17-11-6-4-10(5-7-11)9-25-16-18-15(24)12-2-1-3-13(12)23(16)8-14-19-21-22-20-14/h4-7H,1-3,8-9H2,(H,19,20,21,22). The number of halogens is 1. The van der Waals surface area contributed by atoms with Gasteiger partial charge in [-0.1, -0.05) is 23.9 Å². The second-order valence-corrected chi connectivity index (χ2v) is 6.77. The Morgan fingerprint density at radius 2 is 2.08 bits per heavy atom. The van der Waals surface area contributed by atoms with Crippen molar-refractivity contribution in [2.45, 2.75) is 36.7 Å². The number of tetrazole rings is 1. The summed E-state index contributed by atoms with van der Waals surface area (Å²) in [4.78, 5) is 16.6. The summed E-state index contributed by atoms with van der Waals surface area (Å²) < 4.78 is 15.1. The first-order valence-corrected chi connectivity index (χ1v) is 8.91. The normalized spacial score (nSPS) is 13.2. The lowest BCUT2D eigenvalue weighted by Gasteiger charge is -2.15. The lowest BCUT2D eigenvalue weighted by atomic mass is 10.2. The molecule has 3 aromatic rings. The molecule has 2 aromatic heterocycles. The second kappa shape index (κ2) is 6.75. The number of rotatable bonds is 5. The van der Waals surface area contributed by atoms with Crippen LogP contribution in [0.5, 0.6) is 0 Å². The summed E-state index contributed by atoms with van der Waals surface area (Å²) in [5, 5.41) is 14.5. The molecule has 0 radical (unpaired) electrons. The number of nitrogens with one attached hydrogen (secondary N) is 1. The fourth-order valence-electron chi connectivity index (χ4n) is 2.98. The van der Waals surface area contributed by atoms with Gasteiger partial charge in [0.1, 0.15) is 5.82 Å². The molecule has 0 spiro atoms. The minimum atomic E-state index is -0.265. The maximum atomic E-state index is 13.0. The Balaban J connectivity index is 1.66. The monoisotopic (exact) mass is 358 g/mol. The van der Waals surface area contributed by atoms with E-state index in [4.69, 9.17) is 0 Å². The molecule has 1 N–H and O–H groups in total. The van der Waals surface area contributed by atoms with Gasteiger partial charge >= 0.3 is 0 Å². The Morgan fingerprint density at radius 3 is 2.84 bits per heavy atom. The molecular formula is C16H15FN6OS. The van der Waals surface area contributed by atoms with E-state index in [1.165, 1.54) is 23.9 Å². The van der Waals surface area contributed by atoms with Gasteiger partial charge in [0, 0.05) is 17.0 Å². The zero-order valence-electron chi connectivity index (χ0n) is 13.3. The first-order chi connectivity index (χ1) is 12.2. The van der Waals surface area contributed by atoms with Gasteiger partial charge in [-0.25, -0.2) is 9.49 Å². The second-order valence-electron chi connectivity index (χ2n) is 5.83. The average molecular weight is 358 g/mol. The Kier molecular flexibility index (Phi) is 4.31. The maximum Gasteiger partial charge on any atom is 0.277 e. The number of nitrogens with zero attached hydrogens (tertiary/aromatic N) is 5. The van der Waals surface area contributed by atoms with E-state index in [9.17, 15) is 9.18 Å². The van der Waals surface area contributed by atoms with E-state index in [2.05, 4.69) is 25.6 Å². The van der Waals surface area contributed by atoms with Crippen LogP contribution >= 0.6 is 11.8 Å². The fraction of sp³-hybridized carbons (Fsp3) is 0.312. The topological polar surface area (TPSA) is 89.3 Å². The van der Waals surface area contributed by atoms with Crippen LogP contribution in [0.1, 0.15) is 29.1 Å². The van der Waals surface area contributed by atoms with Crippen molar-refractivity contribution in [1.29, 1.82) is 0 Å². The number of fused-ring (bicyclic) bond motifs is 1. The molecule has 128 valence electrons. The van der Waals surface area contributed by atoms with E-state index in [0.717, 1.165) is 36.1 Å². The van der Waals surface area contributed by atoms with Gasteiger partial charge in [-0.05, 0) is 47.4 Å². The van der Waals surface area contributed by atoms with Crippen molar-refractivity contribution in [2.24, 2.45) is 0 Å². The molecule has 1 aromatic carbocycles. The molecule has 0 fully saturated rings. The number of benzene rings is 1. The molecule has 4 rings (SSSR count). The van der Waals surface area contributed by atoms with E-state index >= 15 is 0 Å². The smallest absolute Gasteiger partial charge is 0.277 e. The van der Waals surface area contributed by atoms with Crippen LogP contribution in [0.4, 0.5) is 4.39 Å². The summed E-state index contributed by atoms with van der Waals surface area (Å²) in [5.41, 5.74) is 2.62. The van der Waals surface area contributed by atoms with Crippen LogP contribution in [0.2, 0.25) is 0 Å². The molecule has 0 saturated heterocycles. The Morgan fingerprint density at radius 1 is 1.24 bits per heavy atom. The Hall–Kier alpha value is -2.55. The lowest BCUT2D eigenvalue weighted by Crippen LogP contribution is -2.22. The molecule has 0 atom stereocenters. The first kappa shape index (κ1) is 15.9. The number of aromatic amines is 1. The molecule has 0 bridgehead atoms. The van der Waals surface area contributed by atoms with Crippen molar-refractivity contribution in [1.82, 2.24) is 30.2 Å². The van der Waals surface area contributed by atoms with Crippen molar-refractivity contribution in [2.75, 3.05) is 0 Å². The van der Waals surface area contributed by atoms with Gasteiger partial charge in [0.25, 0.3) is 5.56 Å². The Bertz CT molecular complexity index is 939. The van der Waals surface area contributed by atoms with Crippen LogP contribution in [0.15, 0.2) is 34.2 Å². The van der Waals surface area contributed by atoms with Crippen LogP contribution in [0, 0.1) is 5.82 Å². The molecule has 0 aliphatic heterocycles. The summed E-state index contributed by atoms with van der Waals surface area (Å²) in [6, 6.07) is 6.33. The van der Waals surface area contributed by atoms with Gasteiger partial charge in [0.05, 0.1) is 6.54 Å².